The summed E-state index contributed by atoms with van der Waals surface area (Å²) >= 11 is 0. The zero-order valence-electron chi connectivity index (χ0n) is 59.5. The summed E-state index contributed by atoms with van der Waals surface area (Å²) in [5, 5.41) is 69.0. The van der Waals surface area contributed by atoms with E-state index in [1.54, 1.807) is 14.2 Å². The van der Waals surface area contributed by atoms with Crippen molar-refractivity contribution in [3.63, 3.8) is 0 Å². The minimum absolute atomic E-state index is 0.0103. The molecule has 13 N–H and O–H groups in total. The van der Waals surface area contributed by atoms with Gasteiger partial charge in [0.05, 0.1) is 83.6 Å². The first-order valence-electron chi connectivity index (χ1n) is 35.3. The number of methoxy groups -OCH3 is 2. The lowest BCUT2D eigenvalue weighted by Gasteiger charge is -2.63. The van der Waals surface area contributed by atoms with E-state index in [2.05, 4.69) is 79.7 Å². The summed E-state index contributed by atoms with van der Waals surface area (Å²) in [5.74, 6) is -6.73. The molecule has 1 aromatic heterocycles. The van der Waals surface area contributed by atoms with E-state index >= 15 is 4.79 Å². The molecule has 30 heteroatoms. The van der Waals surface area contributed by atoms with Crippen molar-refractivity contribution in [2.45, 2.75) is 151 Å². The first-order chi connectivity index (χ1) is 48.3. The number of benzene rings is 2. The van der Waals surface area contributed by atoms with Crippen LogP contribution < -0.4 is 42.2 Å². The summed E-state index contributed by atoms with van der Waals surface area (Å²) < 4.78 is 33.4. The molecule has 15 atom stereocenters. The van der Waals surface area contributed by atoms with Gasteiger partial charge in [0.2, 0.25) is 24.1 Å². The van der Waals surface area contributed by atoms with Crippen LogP contribution in [0.1, 0.15) is 108 Å². The number of aromatic nitrogens is 1. The molecule has 3 fully saturated rings. The maximum atomic E-state index is 15.3. The molecule has 2 saturated heterocycles. The Kier molecular flexibility index (Phi) is 27.4. The SMILES string of the molecule is CC[C@]1(O)CC2CN(CCc3c([nH]c4ccccc34)[C@@](C)(c3cc4c(cc3OC)N(C)[C@H]3[C@@](O)(C(=O)NNC(O)OCCSSCC(CC(=O)[C@H](CNC(=O)CCOCCOCCOCCOC)NC(=O)[C@H](C)CC(=O)[C@H](CN)NC(C)=O)C(=O)O)[C@H](O)[C@]5(CC)C=CCN6CC[C@]43[C@@H]65)C2)C1. The molecule has 101 heavy (non-hydrogen) atoms. The Morgan fingerprint density at radius 2 is 1.57 bits per heavy atom. The van der Waals surface area contributed by atoms with E-state index in [1.165, 1.54) is 30.2 Å². The highest BCUT2D eigenvalue weighted by atomic mass is 33.1. The van der Waals surface area contributed by atoms with Crippen LogP contribution in [-0.2, 0) is 74.5 Å². The topological polar surface area (TPSA) is 388 Å². The van der Waals surface area contributed by atoms with E-state index in [1.807, 2.05) is 43.2 Å². The molecule has 0 radical (unpaired) electrons. The second kappa shape index (κ2) is 34.9. The van der Waals surface area contributed by atoms with Crippen molar-refractivity contribution in [2.24, 2.45) is 28.9 Å². The Hall–Kier alpha value is -5.81. The number of amides is 4. The number of carboxylic acid groups (broad SMARTS) is 1. The maximum Gasteiger partial charge on any atom is 0.307 e. The van der Waals surface area contributed by atoms with Crippen LogP contribution >= 0.6 is 21.6 Å². The minimum Gasteiger partial charge on any atom is -0.496 e. The van der Waals surface area contributed by atoms with Gasteiger partial charge < -0.3 is 85.5 Å². The van der Waals surface area contributed by atoms with E-state index in [0.717, 1.165) is 63.7 Å². The number of ether oxygens (including phenoxy) is 6. The lowest BCUT2D eigenvalue weighted by molar-refractivity contribution is -0.206. The monoisotopic (exact) mass is 1450 g/mol. The van der Waals surface area contributed by atoms with Crippen molar-refractivity contribution in [1.82, 2.24) is 41.6 Å². The van der Waals surface area contributed by atoms with Crippen molar-refractivity contribution in [2.75, 3.05) is 136 Å². The van der Waals surface area contributed by atoms with E-state index in [9.17, 15) is 54.3 Å². The summed E-state index contributed by atoms with van der Waals surface area (Å²) in [7, 11) is 7.37. The Morgan fingerprint density at radius 1 is 0.861 bits per heavy atom. The second-order valence-electron chi connectivity index (χ2n) is 28.2. The Morgan fingerprint density at radius 3 is 2.26 bits per heavy atom. The number of hydrazine groups is 1. The van der Waals surface area contributed by atoms with E-state index in [4.69, 9.17) is 34.2 Å². The van der Waals surface area contributed by atoms with Gasteiger partial charge in [-0.3, -0.25) is 48.8 Å². The van der Waals surface area contributed by atoms with Crippen LogP contribution in [0.15, 0.2) is 48.6 Å². The van der Waals surface area contributed by atoms with Gasteiger partial charge in [-0.2, -0.15) is 5.43 Å². The fourth-order valence-electron chi connectivity index (χ4n) is 16.9. The molecular weight excluding hydrogens is 1340 g/mol. The number of piperidine rings is 1. The Bertz CT molecular complexity index is 3440. The molecule has 9 rings (SSSR count). The molecule has 5 aliphatic heterocycles. The second-order valence-corrected chi connectivity index (χ2v) is 30.8. The Labute approximate surface area is 598 Å². The van der Waals surface area contributed by atoms with Crippen molar-refractivity contribution < 1.29 is 87.5 Å². The first-order valence-corrected chi connectivity index (χ1v) is 37.8. The molecule has 28 nitrogen and oxygen atoms in total. The number of hydrogen-bond acceptors (Lipinski definition) is 24. The van der Waals surface area contributed by atoms with E-state index < -0.39 is 124 Å². The summed E-state index contributed by atoms with van der Waals surface area (Å²) in [6.45, 7) is 13.7. The number of Topliss-reactive ketones (excluding diaryl/α,β-unsaturated/α-hetero) is 2. The molecule has 3 aromatic rings. The molecule has 2 bridgehead atoms. The van der Waals surface area contributed by atoms with Crippen molar-refractivity contribution in [3.8, 4) is 5.75 Å². The van der Waals surface area contributed by atoms with Crippen LogP contribution in [0.5, 0.6) is 5.75 Å². The third kappa shape index (κ3) is 17.1. The number of nitrogens with zero attached hydrogens (tertiary/aromatic N) is 3. The van der Waals surface area contributed by atoms with Crippen molar-refractivity contribution in [3.05, 3.63) is 70.9 Å². The molecule has 1 saturated carbocycles. The molecule has 6 aliphatic rings. The maximum absolute atomic E-state index is 15.3. The van der Waals surface area contributed by atoms with Gasteiger partial charge in [-0.05, 0) is 81.2 Å². The van der Waals surface area contributed by atoms with Gasteiger partial charge in [0.25, 0.3) is 5.91 Å². The van der Waals surface area contributed by atoms with Gasteiger partial charge in [-0.25, -0.2) is 0 Å². The number of H-pyrrole nitrogens is 1. The smallest absolute Gasteiger partial charge is 0.307 e. The number of carbonyl (C=O) groups is 7. The van der Waals surface area contributed by atoms with Crippen LogP contribution in [0.2, 0.25) is 0 Å². The summed E-state index contributed by atoms with van der Waals surface area (Å²) in [4.78, 5) is 104. The zero-order chi connectivity index (χ0) is 73.0. The van der Waals surface area contributed by atoms with Crippen LogP contribution in [0.25, 0.3) is 10.9 Å². The fraction of sp³-hybridized carbons (Fsp3) is 0.676. The van der Waals surface area contributed by atoms with Crippen LogP contribution in [0.3, 0.4) is 0 Å². The molecular formula is C71H106N10O18S2. The van der Waals surface area contributed by atoms with Gasteiger partial charge in [0.15, 0.2) is 17.2 Å². The number of rotatable bonds is 39. The number of carbonyl (C=O) groups excluding carboxylic acids is 6. The lowest BCUT2D eigenvalue weighted by atomic mass is 9.47. The number of aliphatic carboxylic acids is 1. The van der Waals surface area contributed by atoms with E-state index in [0.29, 0.717) is 83.9 Å². The summed E-state index contributed by atoms with van der Waals surface area (Å²) in [6.07, 6.45) is 3.13. The number of likely N-dealkylation sites (N-methyl/N-ethyl adjacent to an activating group) is 1. The number of anilines is 1. The third-order valence-electron chi connectivity index (χ3n) is 21.7. The number of aliphatic hydroxyl groups is 4. The molecule has 1 spiro atoms. The molecule has 4 amide bonds. The largest absolute Gasteiger partial charge is 0.496 e. The van der Waals surface area contributed by atoms with Crippen molar-refractivity contribution in [1.29, 1.82) is 0 Å². The highest BCUT2D eigenvalue weighted by Crippen LogP contribution is 2.67. The number of aromatic amines is 1. The van der Waals surface area contributed by atoms with Crippen LogP contribution in [0.4, 0.5) is 5.69 Å². The summed E-state index contributed by atoms with van der Waals surface area (Å²) in [5.41, 5.74) is 10.5. The number of fused-ring (bicyclic) bond motifs is 6. The molecule has 4 unspecified atom stereocenters. The zero-order valence-corrected chi connectivity index (χ0v) is 61.1. The van der Waals surface area contributed by atoms with Crippen LogP contribution in [0, 0.1) is 23.2 Å². The average molecular weight is 1450 g/mol. The minimum atomic E-state index is -2.52. The highest BCUT2D eigenvalue weighted by Gasteiger charge is 2.79. The molecule has 6 heterocycles. The van der Waals surface area contributed by atoms with E-state index in [-0.39, 0.29) is 69.3 Å². The standard InChI is InChI=1S/C71H106N10O18S2/c1-9-68(92)37-45-36-67(5,59-48(16-21-80(40-45)42-68)47-14-11-12-15-51(47)75-59)50-34-49-54(35-57(50)95-8)79(6)63-70(49)19-22-81-20-13-18-69(10-2,62(70)81)64(89)71(63,93)65(90)77-78-66(91)99-30-31-100-101-41-46(61(87)88)33-56(84)53(76-60(86)43(3)32-55(83)52(38-72)74-44(4)82)39-73-58(85)17-23-96-26-27-98-29-28-97-25-24-94-7/h11-15,18,34-35,43,45-46,52-53,62-64,66,75,78,89,91-93H,9-10,16-17,19-33,36-42,72H2,1-8H3,(H,73,85)(H,74,82)(H,76,86)(H,77,90)(H,87,88)/t43-,45?,46?,52+,53+,62+,63-,64-,66?,67-,68+,69-,70-,71+/m1/s1. The normalized spacial score (nSPS) is 28.0. The molecule has 2 aromatic carbocycles. The Balaban J connectivity index is 0.845. The van der Waals surface area contributed by atoms with Gasteiger partial charge in [-0.1, -0.05) is 72.7 Å². The number of nitrogens with one attached hydrogen (secondary N) is 6. The summed E-state index contributed by atoms with van der Waals surface area (Å²) in [6, 6.07) is 8.84. The lowest BCUT2D eigenvalue weighted by Crippen LogP contribution is -2.82. The fourth-order valence-corrected chi connectivity index (χ4v) is 19.1. The van der Waals surface area contributed by atoms with Gasteiger partial charge in [0.1, 0.15) is 17.9 Å². The van der Waals surface area contributed by atoms with Gasteiger partial charge >= 0.3 is 5.97 Å². The number of nitrogens with two attached hydrogens (primary N) is 1. The molecule has 1 aliphatic carbocycles. The number of aliphatic hydroxyl groups excluding tert-OH is 2. The van der Waals surface area contributed by atoms with Gasteiger partial charge in [-0.15, -0.1) is 0 Å². The molecule has 560 valence electrons. The predicted molar refractivity (Wildman–Crippen MR) is 381 cm³/mol. The number of para-hydroxylation sites is 1. The average Bonchev–Trinajstić information content (AvgIpc) is 1.50. The third-order valence-corrected chi connectivity index (χ3v) is 24.2. The quantitative estimate of drug-likeness (QED) is 0.0127. The highest BCUT2D eigenvalue weighted by molar-refractivity contribution is 8.76. The number of hydrogen-bond donors (Lipinski definition) is 12. The first kappa shape index (κ1) is 79.3. The van der Waals surface area contributed by atoms with Gasteiger partial charge in [0, 0.05) is 153 Å². The number of ketones is 2. The van der Waals surface area contributed by atoms with Crippen LogP contribution in [-0.4, -0.2) is 261 Å². The predicted octanol–water partition coefficient (Wildman–Crippen LogP) is 1.79. The van der Waals surface area contributed by atoms with Crippen molar-refractivity contribution >= 4 is 79.3 Å². The number of carboxylic acids is 1.